The van der Waals surface area contributed by atoms with Crippen molar-refractivity contribution in [2.45, 2.75) is 70.6 Å². The highest BCUT2D eigenvalue weighted by Crippen LogP contribution is 2.32. The lowest BCUT2D eigenvalue weighted by Crippen LogP contribution is -2.31. The van der Waals surface area contributed by atoms with E-state index in [1.165, 1.54) is 4.31 Å². The molecule has 0 N–H and O–H groups in total. The Bertz CT molecular complexity index is 1510. The van der Waals surface area contributed by atoms with Crippen LogP contribution in [0.1, 0.15) is 59.9 Å². The standard InChI is InChI=1S/C34H40N2O5S/c1-25-21-26(2)34(27(3)22-25)42(38,39)36(24-29-9-8-10-31(23-29)41-33-11-4-7-20-40-33)30-15-12-28(13-16-30)14-17-32(37)35-18-5-6-19-35/h8-10,12-17,21-23,33H,4-7,11,18-20,24H2,1-3H3. The summed E-state index contributed by atoms with van der Waals surface area (Å²) in [4.78, 5) is 14.6. The second-order valence-electron chi connectivity index (χ2n) is 11.3. The maximum absolute atomic E-state index is 14.3. The van der Waals surface area contributed by atoms with E-state index in [1.807, 2.05) is 74.2 Å². The van der Waals surface area contributed by atoms with Crippen LogP contribution in [0.2, 0.25) is 0 Å². The van der Waals surface area contributed by atoms with Gasteiger partial charge in [-0.1, -0.05) is 42.0 Å². The van der Waals surface area contributed by atoms with Gasteiger partial charge in [-0.3, -0.25) is 9.10 Å². The highest BCUT2D eigenvalue weighted by molar-refractivity contribution is 7.92. The summed E-state index contributed by atoms with van der Waals surface area (Å²) in [6.07, 6.45) is 8.10. The van der Waals surface area contributed by atoms with Gasteiger partial charge in [0.25, 0.3) is 10.0 Å². The molecule has 5 rings (SSSR count). The molecule has 3 aromatic carbocycles. The summed E-state index contributed by atoms with van der Waals surface area (Å²) in [7, 11) is -3.93. The van der Waals surface area contributed by atoms with Gasteiger partial charge in [-0.15, -0.1) is 0 Å². The number of ether oxygens (including phenoxy) is 2. The summed E-state index contributed by atoms with van der Waals surface area (Å²) in [5.41, 5.74) is 4.61. The molecule has 7 nitrogen and oxygen atoms in total. The van der Waals surface area contributed by atoms with Gasteiger partial charge in [0.05, 0.1) is 23.7 Å². The number of aryl methyl sites for hydroxylation is 3. The summed E-state index contributed by atoms with van der Waals surface area (Å²) in [5.74, 6) is 0.662. The fraction of sp³-hybridized carbons (Fsp3) is 0.382. The molecule has 0 bridgehead atoms. The molecule has 2 aliphatic rings. The molecule has 42 heavy (non-hydrogen) atoms. The lowest BCUT2D eigenvalue weighted by Gasteiger charge is -2.27. The Balaban J connectivity index is 1.45. The van der Waals surface area contributed by atoms with Crippen molar-refractivity contribution in [2.75, 3.05) is 24.0 Å². The van der Waals surface area contributed by atoms with Gasteiger partial charge in [0, 0.05) is 25.6 Å². The molecular weight excluding hydrogens is 548 g/mol. The molecule has 1 amide bonds. The van der Waals surface area contributed by atoms with Crippen molar-refractivity contribution in [1.82, 2.24) is 4.90 Å². The van der Waals surface area contributed by atoms with Gasteiger partial charge in [-0.2, -0.15) is 0 Å². The number of likely N-dealkylation sites (tertiary alicyclic amines) is 1. The number of carbonyl (C=O) groups is 1. The van der Waals surface area contributed by atoms with Crippen molar-refractivity contribution < 1.29 is 22.7 Å². The molecule has 222 valence electrons. The van der Waals surface area contributed by atoms with Gasteiger partial charge in [0.2, 0.25) is 5.91 Å². The summed E-state index contributed by atoms with van der Waals surface area (Å²) < 4.78 is 42.0. The van der Waals surface area contributed by atoms with Crippen LogP contribution < -0.4 is 9.04 Å². The third-order valence-electron chi connectivity index (χ3n) is 7.80. The van der Waals surface area contributed by atoms with E-state index in [4.69, 9.17) is 9.47 Å². The number of anilines is 1. The summed E-state index contributed by atoms with van der Waals surface area (Å²) in [6, 6.07) is 18.7. The van der Waals surface area contributed by atoms with Gasteiger partial charge in [0.15, 0.2) is 6.29 Å². The number of sulfonamides is 1. The Labute approximate surface area is 249 Å². The van der Waals surface area contributed by atoms with Crippen molar-refractivity contribution in [2.24, 2.45) is 0 Å². The average Bonchev–Trinajstić information content (AvgIpc) is 3.50. The van der Waals surface area contributed by atoms with E-state index in [1.54, 1.807) is 24.3 Å². The predicted molar refractivity (Wildman–Crippen MR) is 166 cm³/mol. The molecule has 0 radical (unpaired) electrons. The minimum atomic E-state index is -3.93. The van der Waals surface area contributed by atoms with Crippen LogP contribution in [0.15, 0.2) is 71.6 Å². The van der Waals surface area contributed by atoms with Crippen molar-refractivity contribution >= 4 is 27.7 Å². The van der Waals surface area contributed by atoms with Crippen LogP contribution in [0.25, 0.3) is 6.08 Å². The summed E-state index contributed by atoms with van der Waals surface area (Å²) >= 11 is 0. The van der Waals surface area contributed by atoms with Gasteiger partial charge < -0.3 is 14.4 Å². The summed E-state index contributed by atoms with van der Waals surface area (Å²) in [6.45, 7) is 8.06. The zero-order valence-electron chi connectivity index (χ0n) is 24.7. The second kappa shape index (κ2) is 13.1. The first kappa shape index (κ1) is 29.9. The number of hydrogen-bond donors (Lipinski definition) is 0. The van der Waals surface area contributed by atoms with Gasteiger partial charge in [-0.25, -0.2) is 8.42 Å². The van der Waals surface area contributed by atoms with Crippen LogP contribution in [-0.2, 0) is 26.1 Å². The number of carbonyl (C=O) groups excluding carboxylic acids is 1. The topological polar surface area (TPSA) is 76.1 Å². The first-order valence-electron chi connectivity index (χ1n) is 14.8. The van der Waals surface area contributed by atoms with Crippen molar-refractivity contribution in [3.8, 4) is 5.75 Å². The van der Waals surface area contributed by atoms with E-state index in [0.717, 1.165) is 61.9 Å². The Morgan fingerprint density at radius 2 is 1.69 bits per heavy atom. The van der Waals surface area contributed by atoms with E-state index >= 15 is 0 Å². The second-order valence-corrected chi connectivity index (χ2v) is 13.1. The van der Waals surface area contributed by atoms with E-state index in [2.05, 4.69) is 0 Å². The molecule has 1 unspecified atom stereocenters. The first-order chi connectivity index (χ1) is 20.2. The fourth-order valence-electron chi connectivity index (χ4n) is 5.80. The molecule has 2 saturated heterocycles. The van der Waals surface area contributed by atoms with Crippen molar-refractivity contribution in [1.29, 1.82) is 0 Å². The van der Waals surface area contributed by atoms with Crippen LogP contribution in [0.3, 0.4) is 0 Å². The average molecular weight is 589 g/mol. The van der Waals surface area contributed by atoms with E-state index < -0.39 is 10.0 Å². The van der Waals surface area contributed by atoms with Gasteiger partial charge >= 0.3 is 0 Å². The molecule has 1 atom stereocenters. The minimum absolute atomic E-state index is 0.00632. The Kier molecular flexibility index (Phi) is 9.34. The van der Waals surface area contributed by atoms with Crippen LogP contribution >= 0.6 is 0 Å². The molecule has 8 heteroatoms. The first-order valence-corrected chi connectivity index (χ1v) is 16.2. The molecule has 2 fully saturated rings. The van der Waals surface area contributed by atoms with Crippen LogP contribution in [-0.4, -0.2) is 45.2 Å². The maximum Gasteiger partial charge on any atom is 0.265 e. The SMILES string of the molecule is Cc1cc(C)c(S(=O)(=O)N(Cc2cccc(OC3CCCCO3)c2)c2ccc(C=CC(=O)N3CCCC3)cc2)c(C)c1. The highest BCUT2D eigenvalue weighted by Gasteiger charge is 2.29. The number of benzene rings is 3. The van der Waals surface area contributed by atoms with Crippen molar-refractivity contribution in [3.05, 3.63) is 94.6 Å². The van der Waals surface area contributed by atoms with Crippen molar-refractivity contribution in [3.63, 3.8) is 0 Å². The largest absolute Gasteiger partial charge is 0.465 e. The smallest absolute Gasteiger partial charge is 0.265 e. The molecular formula is C34H40N2O5S. The number of nitrogens with zero attached hydrogens (tertiary/aromatic N) is 2. The van der Waals surface area contributed by atoms with Gasteiger partial charge in [-0.05, 0) is 99.0 Å². The van der Waals surface area contributed by atoms with E-state index in [9.17, 15) is 13.2 Å². The molecule has 0 aliphatic carbocycles. The van der Waals surface area contributed by atoms with E-state index in [-0.39, 0.29) is 18.7 Å². The third-order valence-corrected chi connectivity index (χ3v) is 9.88. The minimum Gasteiger partial charge on any atom is -0.465 e. The Morgan fingerprint density at radius 1 is 0.976 bits per heavy atom. The molecule has 3 aromatic rings. The lowest BCUT2D eigenvalue weighted by molar-refractivity contribution is -0.124. The molecule has 2 aliphatic heterocycles. The quantitative estimate of drug-likeness (QED) is 0.265. The Morgan fingerprint density at radius 3 is 2.36 bits per heavy atom. The fourth-order valence-corrected chi connectivity index (χ4v) is 7.67. The van der Waals surface area contributed by atoms with Gasteiger partial charge in [0.1, 0.15) is 5.75 Å². The van der Waals surface area contributed by atoms with Crippen LogP contribution in [0, 0.1) is 20.8 Å². The number of amides is 1. The summed E-state index contributed by atoms with van der Waals surface area (Å²) in [5, 5.41) is 0. The van der Waals surface area contributed by atoms with E-state index in [0.29, 0.717) is 34.1 Å². The van der Waals surface area contributed by atoms with Crippen LogP contribution in [0.4, 0.5) is 5.69 Å². The van der Waals surface area contributed by atoms with Crippen LogP contribution in [0.5, 0.6) is 5.75 Å². The molecule has 2 heterocycles. The lowest BCUT2D eigenvalue weighted by atomic mass is 10.1. The normalized spacial score (nSPS) is 17.5. The number of rotatable bonds is 9. The third kappa shape index (κ3) is 7.05. The number of hydrogen-bond acceptors (Lipinski definition) is 5. The zero-order valence-corrected chi connectivity index (χ0v) is 25.5. The molecule has 0 saturated carbocycles. The maximum atomic E-state index is 14.3. The Hall–Kier alpha value is -3.62. The predicted octanol–water partition coefficient (Wildman–Crippen LogP) is 6.55. The monoisotopic (exact) mass is 588 g/mol. The molecule has 0 aromatic heterocycles. The molecule has 0 spiro atoms. The zero-order chi connectivity index (χ0) is 29.7. The highest BCUT2D eigenvalue weighted by atomic mass is 32.2.